The topological polar surface area (TPSA) is 46.9 Å². The summed E-state index contributed by atoms with van der Waals surface area (Å²) in [5.41, 5.74) is 2.18. The van der Waals surface area contributed by atoms with Gasteiger partial charge in [-0.25, -0.2) is 4.68 Å². The maximum absolute atomic E-state index is 12.0. The van der Waals surface area contributed by atoms with Gasteiger partial charge in [-0.1, -0.05) is 0 Å². The van der Waals surface area contributed by atoms with Crippen molar-refractivity contribution in [2.45, 2.75) is 38.6 Å². The lowest BCUT2D eigenvalue weighted by molar-refractivity contribution is -0.116. The molecule has 2 aromatic heterocycles. The van der Waals surface area contributed by atoms with Crippen molar-refractivity contribution in [3.8, 4) is 0 Å². The average molecular weight is 275 g/mol. The molecule has 0 radical (unpaired) electrons. The van der Waals surface area contributed by atoms with Gasteiger partial charge < -0.3 is 5.32 Å². The van der Waals surface area contributed by atoms with Crippen LogP contribution in [-0.4, -0.2) is 15.7 Å². The van der Waals surface area contributed by atoms with Crippen LogP contribution in [-0.2, 0) is 10.3 Å². The number of anilines is 1. The molecule has 0 unspecified atom stereocenters. The number of amides is 1. The van der Waals surface area contributed by atoms with Gasteiger partial charge >= 0.3 is 0 Å². The van der Waals surface area contributed by atoms with Crippen molar-refractivity contribution in [2.24, 2.45) is 0 Å². The predicted octanol–water partition coefficient (Wildman–Crippen LogP) is 3.17. The van der Waals surface area contributed by atoms with Gasteiger partial charge in [0.25, 0.3) is 0 Å². The maximum Gasteiger partial charge on any atom is 0.226 e. The predicted molar refractivity (Wildman–Crippen MR) is 76.6 cm³/mol. The summed E-state index contributed by atoms with van der Waals surface area (Å²) in [4.78, 5) is 12.0. The average Bonchev–Trinajstić information content (AvgIpc) is 2.95. The van der Waals surface area contributed by atoms with Crippen molar-refractivity contribution in [3.05, 3.63) is 34.2 Å². The zero-order valence-electron chi connectivity index (χ0n) is 11.3. The molecule has 1 aliphatic heterocycles. The monoisotopic (exact) mass is 275 g/mol. The summed E-state index contributed by atoms with van der Waals surface area (Å²) in [5, 5.41) is 11.6. The van der Waals surface area contributed by atoms with E-state index in [9.17, 15) is 4.79 Å². The summed E-state index contributed by atoms with van der Waals surface area (Å²) >= 11 is 1.66. The highest BCUT2D eigenvalue weighted by Gasteiger charge is 2.32. The lowest BCUT2D eigenvalue weighted by Gasteiger charge is -2.27. The first kappa shape index (κ1) is 12.4. The van der Waals surface area contributed by atoms with E-state index in [4.69, 9.17) is 0 Å². The Balaban J connectivity index is 2.11. The van der Waals surface area contributed by atoms with Crippen LogP contribution in [0.1, 0.15) is 44.2 Å². The molecule has 0 aliphatic carbocycles. The summed E-state index contributed by atoms with van der Waals surface area (Å²) in [7, 11) is 0. The molecule has 0 spiro atoms. The van der Waals surface area contributed by atoms with E-state index in [1.807, 2.05) is 10.9 Å². The fourth-order valence-corrected chi connectivity index (χ4v) is 3.21. The van der Waals surface area contributed by atoms with Crippen LogP contribution >= 0.6 is 11.3 Å². The van der Waals surface area contributed by atoms with Gasteiger partial charge in [-0.15, -0.1) is 0 Å². The first-order chi connectivity index (χ1) is 8.97. The molecular formula is C14H17N3OS. The van der Waals surface area contributed by atoms with E-state index in [0.717, 1.165) is 11.4 Å². The molecule has 1 atom stereocenters. The van der Waals surface area contributed by atoms with Crippen LogP contribution in [0.3, 0.4) is 0 Å². The van der Waals surface area contributed by atoms with Crippen LogP contribution in [0.4, 0.5) is 5.82 Å². The van der Waals surface area contributed by atoms with Crippen molar-refractivity contribution in [1.29, 1.82) is 0 Å². The molecule has 5 heteroatoms. The highest BCUT2D eigenvalue weighted by atomic mass is 32.1. The molecule has 1 amide bonds. The molecule has 1 aliphatic rings. The smallest absolute Gasteiger partial charge is 0.226 e. The molecule has 4 nitrogen and oxygen atoms in total. The van der Waals surface area contributed by atoms with Gasteiger partial charge in [0, 0.05) is 17.9 Å². The molecule has 3 rings (SSSR count). The number of carbonyl (C=O) groups is 1. The number of fused-ring (bicyclic) bond motifs is 1. The Bertz CT molecular complexity index is 607. The number of nitrogens with zero attached hydrogens (tertiary/aromatic N) is 2. The molecule has 0 aromatic carbocycles. The summed E-state index contributed by atoms with van der Waals surface area (Å²) in [6.45, 7) is 6.25. The quantitative estimate of drug-likeness (QED) is 0.869. The molecule has 19 heavy (non-hydrogen) atoms. The van der Waals surface area contributed by atoms with Gasteiger partial charge in [0.15, 0.2) is 0 Å². The normalized spacial score (nSPS) is 19.1. The second kappa shape index (κ2) is 4.20. The number of aromatic nitrogens is 2. The van der Waals surface area contributed by atoms with Crippen LogP contribution in [0.25, 0.3) is 0 Å². The zero-order chi connectivity index (χ0) is 13.6. The third kappa shape index (κ3) is 2.08. The highest BCUT2D eigenvalue weighted by Crippen LogP contribution is 2.39. The molecule has 3 heterocycles. The minimum absolute atomic E-state index is 0.0645. The lowest BCUT2D eigenvalue weighted by Crippen LogP contribution is -2.30. The number of hydrogen-bond acceptors (Lipinski definition) is 3. The molecule has 0 bridgehead atoms. The van der Waals surface area contributed by atoms with Gasteiger partial charge in [-0.3, -0.25) is 4.79 Å². The molecule has 1 N–H and O–H groups in total. The van der Waals surface area contributed by atoms with Crippen LogP contribution in [0, 0.1) is 0 Å². The first-order valence-electron chi connectivity index (χ1n) is 6.37. The molecule has 0 fully saturated rings. The Morgan fingerprint density at radius 3 is 2.89 bits per heavy atom. The van der Waals surface area contributed by atoms with Crippen molar-refractivity contribution in [3.63, 3.8) is 0 Å². The first-order valence-corrected chi connectivity index (χ1v) is 7.31. The second-order valence-electron chi connectivity index (χ2n) is 5.89. The van der Waals surface area contributed by atoms with Crippen LogP contribution in [0.5, 0.6) is 0 Å². The Morgan fingerprint density at radius 2 is 2.26 bits per heavy atom. The van der Waals surface area contributed by atoms with Gasteiger partial charge in [0.05, 0.1) is 11.7 Å². The number of rotatable bonds is 1. The van der Waals surface area contributed by atoms with Gasteiger partial charge in [-0.05, 0) is 43.2 Å². The van der Waals surface area contributed by atoms with Gasteiger partial charge in [0.2, 0.25) is 5.91 Å². The van der Waals surface area contributed by atoms with E-state index in [1.165, 1.54) is 5.56 Å². The number of carbonyl (C=O) groups excluding carboxylic acids is 1. The lowest BCUT2D eigenvalue weighted by atomic mass is 9.89. The highest BCUT2D eigenvalue weighted by molar-refractivity contribution is 7.08. The van der Waals surface area contributed by atoms with E-state index < -0.39 is 0 Å². The zero-order valence-corrected chi connectivity index (χ0v) is 12.1. The maximum atomic E-state index is 12.0. The fraction of sp³-hybridized carbons (Fsp3) is 0.429. The standard InChI is InChI=1S/C14H17N3OS/c1-14(2,3)17-13-11(7-15-17)10(6-12(18)16-13)9-4-5-19-8-9/h4-5,7-8,10H,6H2,1-3H3,(H,16,18)/t10-/m1/s1. The van der Waals surface area contributed by atoms with Crippen molar-refractivity contribution < 1.29 is 4.79 Å². The minimum atomic E-state index is -0.141. The van der Waals surface area contributed by atoms with Crippen LogP contribution < -0.4 is 5.32 Å². The summed E-state index contributed by atoms with van der Waals surface area (Å²) in [5.74, 6) is 1.04. The van der Waals surface area contributed by atoms with Crippen molar-refractivity contribution >= 4 is 23.1 Å². The number of thiophene rings is 1. The number of nitrogens with one attached hydrogen (secondary N) is 1. The second-order valence-corrected chi connectivity index (χ2v) is 6.67. The third-order valence-corrected chi connectivity index (χ3v) is 4.10. The molecule has 2 aromatic rings. The Morgan fingerprint density at radius 1 is 1.47 bits per heavy atom. The number of hydrogen-bond donors (Lipinski definition) is 1. The molecule has 100 valence electrons. The van der Waals surface area contributed by atoms with Gasteiger partial charge in [-0.2, -0.15) is 16.4 Å². The van der Waals surface area contributed by atoms with Crippen LogP contribution in [0.2, 0.25) is 0 Å². The molecular weight excluding hydrogens is 258 g/mol. The largest absolute Gasteiger partial charge is 0.311 e. The van der Waals surface area contributed by atoms with Crippen LogP contribution in [0.15, 0.2) is 23.0 Å². The fourth-order valence-electron chi connectivity index (χ4n) is 2.50. The Hall–Kier alpha value is -1.62. The van der Waals surface area contributed by atoms with Crippen molar-refractivity contribution in [2.75, 3.05) is 5.32 Å². The summed E-state index contributed by atoms with van der Waals surface area (Å²) in [6, 6.07) is 2.09. The van der Waals surface area contributed by atoms with E-state index >= 15 is 0 Å². The van der Waals surface area contributed by atoms with Gasteiger partial charge in [0.1, 0.15) is 5.82 Å². The van der Waals surface area contributed by atoms with E-state index in [1.54, 1.807) is 11.3 Å². The van der Waals surface area contributed by atoms with E-state index in [-0.39, 0.29) is 17.4 Å². The third-order valence-electron chi connectivity index (χ3n) is 3.40. The van der Waals surface area contributed by atoms with E-state index in [0.29, 0.717) is 6.42 Å². The van der Waals surface area contributed by atoms with Crippen molar-refractivity contribution in [1.82, 2.24) is 9.78 Å². The molecule has 0 saturated carbocycles. The summed E-state index contributed by atoms with van der Waals surface area (Å²) < 4.78 is 1.90. The van der Waals surface area contributed by atoms with E-state index in [2.05, 4.69) is 48.0 Å². The minimum Gasteiger partial charge on any atom is -0.311 e. The summed E-state index contributed by atoms with van der Waals surface area (Å²) in [6.07, 6.45) is 2.39. The Kier molecular flexibility index (Phi) is 2.74. The Labute approximate surface area is 116 Å². The molecule has 0 saturated heterocycles. The SMILES string of the molecule is CC(C)(C)n1ncc2c1NC(=O)C[C@@H]2c1ccsc1.